The smallest absolute Gasteiger partial charge is 0.138 e. The lowest BCUT2D eigenvalue weighted by atomic mass is 9.84. The summed E-state index contributed by atoms with van der Waals surface area (Å²) in [6.45, 7) is 2.19. The van der Waals surface area contributed by atoms with Crippen molar-refractivity contribution in [1.29, 1.82) is 0 Å². The number of Topliss-reactive ketones (excluding diaryl/α,β-unsaturated/α-hetero) is 1. The van der Waals surface area contributed by atoms with Gasteiger partial charge in [0.25, 0.3) is 0 Å². The van der Waals surface area contributed by atoms with Gasteiger partial charge in [0.05, 0.1) is 0 Å². The Morgan fingerprint density at radius 3 is 2.92 bits per heavy atom. The maximum Gasteiger partial charge on any atom is 0.138 e. The first kappa shape index (κ1) is 8.61. The van der Waals surface area contributed by atoms with Crippen molar-refractivity contribution < 1.29 is 4.79 Å². The number of ketones is 1. The number of carbonyl (C=O) groups is 1. The van der Waals surface area contributed by atoms with E-state index < -0.39 is 0 Å². The van der Waals surface area contributed by atoms with Gasteiger partial charge in [-0.15, -0.1) is 0 Å². The molecule has 1 saturated carbocycles. The van der Waals surface area contributed by atoms with Crippen LogP contribution in [0.4, 0.5) is 0 Å². The second-order valence-electron chi connectivity index (χ2n) is 4.05. The molecule has 0 aromatic carbocycles. The summed E-state index contributed by atoms with van der Waals surface area (Å²) >= 11 is 2.05. The van der Waals surface area contributed by atoms with Crippen molar-refractivity contribution >= 4 is 17.5 Å². The van der Waals surface area contributed by atoms with Gasteiger partial charge in [-0.05, 0) is 12.8 Å². The van der Waals surface area contributed by atoms with Crippen molar-refractivity contribution in [3.8, 4) is 0 Å². The molecule has 1 nitrogen and oxygen atoms in total. The molecule has 2 fully saturated rings. The molecular weight excluding hydrogens is 168 g/mol. The van der Waals surface area contributed by atoms with Gasteiger partial charge in [0, 0.05) is 22.8 Å². The van der Waals surface area contributed by atoms with E-state index in [1.807, 2.05) is 0 Å². The zero-order valence-corrected chi connectivity index (χ0v) is 8.40. The normalized spacial score (nSPS) is 42.4. The fourth-order valence-electron chi connectivity index (χ4n) is 2.41. The molecule has 0 bridgehead atoms. The minimum atomic E-state index is 0.431. The number of hydrogen-bond acceptors (Lipinski definition) is 2. The van der Waals surface area contributed by atoms with Gasteiger partial charge >= 0.3 is 0 Å². The number of fused-ring (bicyclic) bond motifs is 1. The van der Waals surface area contributed by atoms with Crippen molar-refractivity contribution in [2.24, 2.45) is 5.92 Å². The van der Waals surface area contributed by atoms with Crippen molar-refractivity contribution in [3.05, 3.63) is 0 Å². The molecule has 3 atom stereocenters. The quantitative estimate of drug-likeness (QED) is 0.575. The van der Waals surface area contributed by atoms with E-state index in [0.717, 1.165) is 6.42 Å². The third-order valence-corrected chi connectivity index (χ3v) is 4.56. The Labute approximate surface area is 78.3 Å². The summed E-state index contributed by atoms with van der Waals surface area (Å²) in [5, 5.41) is 1.26. The topological polar surface area (TPSA) is 17.1 Å². The first-order chi connectivity index (χ1) is 5.77. The lowest BCUT2D eigenvalue weighted by molar-refractivity contribution is -0.123. The molecule has 12 heavy (non-hydrogen) atoms. The van der Waals surface area contributed by atoms with Crippen LogP contribution in [0.25, 0.3) is 0 Å². The van der Waals surface area contributed by atoms with Gasteiger partial charge in [-0.1, -0.05) is 19.8 Å². The van der Waals surface area contributed by atoms with Gasteiger partial charge < -0.3 is 0 Å². The Hall–Kier alpha value is 0.0200. The maximum absolute atomic E-state index is 11.6. The molecule has 68 valence electrons. The molecule has 1 saturated heterocycles. The summed E-state index contributed by atoms with van der Waals surface area (Å²) in [4.78, 5) is 11.6. The van der Waals surface area contributed by atoms with Gasteiger partial charge in [0.15, 0.2) is 0 Å². The monoisotopic (exact) mass is 184 g/mol. The molecular formula is C10H16OS. The molecule has 0 amide bonds. The zero-order valence-electron chi connectivity index (χ0n) is 7.58. The largest absolute Gasteiger partial charge is 0.299 e. The Morgan fingerprint density at radius 1 is 1.33 bits per heavy atom. The van der Waals surface area contributed by atoms with Crippen LogP contribution in [0.15, 0.2) is 0 Å². The van der Waals surface area contributed by atoms with Crippen LogP contribution >= 0.6 is 11.8 Å². The van der Waals surface area contributed by atoms with Gasteiger partial charge in [-0.2, -0.15) is 11.8 Å². The predicted molar refractivity (Wildman–Crippen MR) is 52.4 cm³/mol. The van der Waals surface area contributed by atoms with E-state index in [4.69, 9.17) is 0 Å². The zero-order chi connectivity index (χ0) is 8.55. The summed E-state index contributed by atoms with van der Waals surface area (Å²) in [6.07, 6.45) is 5.90. The predicted octanol–water partition coefficient (Wildman–Crippen LogP) is 2.64. The highest BCUT2D eigenvalue weighted by Gasteiger charge is 2.36. The molecule has 1 aliphatic heterocycles. The van der Waals surface area contributed by atoms with E-state index in [9.17, 15) is 4.79 Å². The minimum Gasteiger partial charge on any atom is -0.299 e. The fourth-order valence-corrected chi connectivity index (χ4v) is 4.05. The number of hydrogen-bond donors (Lipinski definition) is 0. The summed E-state index contributed by atoms with van der Waals surface area (Å²) in [7, 11) is 0. The van der Waals surface area contributed by atoms with Crippen molar-refractivity contribution in [3.63, 3.8) is 0 Å². The highest BCUT2D eigenvalue weighted by Crippen LogP contribution is 2.41. The van der Waals surface area contributed by atoms with Crippen LogP contribution in [-0.2, 0) is 4.79 Å². The Balaban J connectivity index is 2.06. The third-order valence-electron chi connectivity index (χ3n) is 3.01. The minimum absolute atomic E-state index is 0.431. The van der Waals surface area contributed by atoms with E-state index in [0.29, 0.717) is 22.2 Å². The van der Waals surface area contributed by atoms with Crippen LogP contribution < -0.4 is 0 Å². The first-order valence-corrected chi connectivity index (χ1v) is 5.90. The molecule has 2 rings (SSSR count). The Morgan fingerprint density at radius 2 is 2.08 bits per heavy atom. The van der Waals surface area contributed by atoms with Gasteiger partial charge in [-0.3, -0.25) is 4.79 Å². The molecule has 1 heterocycles. The molecule has 1 aliphatic carbocycles. The van der Waals surface area contributed by atoms with Crippen LogP contribution in [0.5, 0.6) is 0 Å². The first-order valence-electron chi connectivity index (χ1n) is 4.95. The average Bonchev–Trinajstić information content (AvgIpc) is 2.04. The van der Waals surface area contributed by atoms with E-state index in [1.165, 1.54) is 25.7 Å². The van der Waals surface area contributed by atoms with Gasteiger partial charge in [0.2, 0.25) is 0 Å². The Kier molecular flexibility index (Phi) is 2.44. The molecule has 0 aromatic rings. The number of thioether (sulfide) groups is 1. The van der Waals surface area contributed by atoms with Crippen LogP contribution in [0.1, 0.15) is 39.0 Å². The van der Waals surface area contributed by atoms with Crippen molar-refractivity contribution in [2.75, 3.05) is 0 Å². The van der Waals surface area contributed by atoms with Gasteiger partial charge in [-0.25, -0.2) is 0 Å². The lowest BCUT2D eigenvalue weighted by Gasteiger charge is -2.36. The SMILES string of the molecule is C[C@@H]1CC(=O)[C@@H]2CCCC[C@H]2S1. The van der Waals surface area contributed by atoms with E-state index in [2.05, 4.69) is 18.7 Å². The maximum atomic E-state index is 11.6. The number of rotatable bonds is 0. The highest BCUT2D eigenvalue weighted by molar-refractivity contribution is 8.00. The van der Waals surface area contributed by atoms with Crippen molar-refractivity contribution in [1.82, 2.24) is 0 Å². The molecule has 0 radical (unpaired) electrons. The lowest BCUT2D eigenvalue weighted by Crippen LogP contribution is -2.36. The molecule has 2 aliphatic rings. The fraction of sp³-hybridized carbons (Fsp3) is 0.900. The van der Waals surface area contributed by atoms with E-state index >= 15 is 0 Å². The van der Waals surface area contributed by atoms with Crippen LogP contribution in [0, 0.1) is 5.92 Å². The van der Waals surface area contributed by atoms with Crippen LogP contribution in [0.3, 0.4) is 0 Å². The summed E-state index contributed by atoms with van der Waals surface area (Å²) in [6, 6.07) is 0. The second kappa shape index (κ2) is 3.41. The molecule has 0 unspecified atom stereocenters. The van der Waals surface area contributed by atoms with Crippen LogP contribution in [0.2, 0.25) is 0 Å². The molecule has 0 N–H and O–H groups in total. The molecule has 0 aromatic heterocycles. The standard InChI is InChI=1S/C10H16OS/c1-7-6-9(11)8-4-2-3-5-10(8)12-7/h7-8,10H,2-6H2,1H3/t7-,8+,10-/m1/s1. The van der Waals surface area contributed by atoms with E-state index in [-0.39, 0.29) is 0 Å². The van der Waals surface area contributed by atoms with Crippen molar-refractivity contribution in [2.45, 2.75) is 49.5 Å². The Bertz CT molecular complexity index is 190. The number of carbonyl (C=O) groups excluding carboxylic acids is 1. The molecule has 0 spiro atoms. The average molecular weight is 184 g/mol. The summed E-state index contributed by atoms with van der Waals surface area (Å²) in [5.41, 5.74) is 0. The van der Waals surface area contributed by atoms with E-state index in [1.54, 1.807) is 0 Å². The van der Waals surface area contributed by atoms with Crippen LogP contribution in [-0.4, -0.2) is 16.3 Å². The second-order valence-corrected chi connectivity index (χ2v) is 5.73. The highest BCUT2D eigenvalue weighted by atomic mass is 32.2. The summed E-state index contributed by atoms with van der Waals surface area (Å²) < 4.78 is 0. The molecule has 2 heteroatoms. The third kappa shape index (κ3) is 1.54. The summed E-state index contributed by atoms with van der Waals surface area (Å²) in [5.74, 6) is 0.978. The van der Waals surface area contributed by atoms with Gasteiger partial charge in [0.1, 0.15) is 5.78 Å².